The van der Waals surface area contributed by atoms with Crippen molar-refractivity contribution < 1.29 is 13.9 Å². The molecule has 5 nitrogen and oxygen atoms in total. The van der Waals surface area contributed by atoms with Crippen LogP contribution in [0.15, 0.2) is 41.6 Å². The van der Waals surface area contributed by atoms with Crippen molar-refractivity contribution in [1.29, 1.82) is 0 Å². The normalized spacial score (nSPS) is 18.7. The van der Waals surface area contributed by atoms with E-state index in [9.17, 15) is 9.18 Å². The molecular weight excluding hydrogens is 401 g/mol. The molecule has 7 heteroatoms. The third-order valence-electron chi connectivity index (χ3n) is 4.80. The Kier molecular flexibility index (Phi) is 10.8. The number of rotatable bonds is 10. The fourth-order valence-electron chi connectivity index (χ4n) is 2.97. The van der Waals surface area contributed by atoms with Gasteiger partial charge in [-0.25, -0.2) is 4.39 Å². The van der Waals surface area contributed by atoms with Crippen LogP contribution in [0.3, 0.4) is 0 Å². The first kappa shape index (κ1) is 25.9. The van der Waals surface area contributed by atoms with E-state index in [0.717, 1.165) is 12.0 Å². The third-order valence-corrected chi connectivity index (χ3v) is 5.97. The second-order valence-corrected chi connectivity index (χ2v) is 8.35. The van der Waals surface area contributed by atoms with Gasteiger partial charge in [-0.3, -0.25) is 4.79 Å². The van der Waals surface area contributed by atoms with Crippen LogP contribution in [-0.4, -0.2) is 30.7 Å². The molecule has 168 valence electrons. The van der Waals surface area contributed by atoms with Crippen molar-refractivity contribution >= 4 is 24.0 Å². The molecule has 0 heterocycles. The van der Waals surface area contributed by atoms with Crippen LogP contribution in [0.1, 0.15) is 46.6 Å². The lowest BCUT2D eigenvalue weighted by atomic mass is 10.1. The number of nitrogens with zero attached hydrogens (tertiary/aromatic N) is 1. The summed E-state index contributed by atoms with van der Waals surface area (Å²) in [5, 5.41) is 3.56. The zero-order chi connectivity index (χ0) is 22.8. The van der Waals surface area contributed by atoms with Gasteiger partial charge in [-0.05, 0) is 67.8 Å². The number of allylic oxidation sites excluding steroid dienone is 1. The number of benzene rings is 1. The standard InChI is InChI=1S/C21H30FN3O2S.C2H6/c1-7-18(27-6)20(24-28-19-11-15(19)13(2)3)21(25(5)12-26)23-17-9-8-14(4)10-16(17)22;1-2/h7-10,12-13,15,19,23-24H,11H2,1-6H3;1-2H3/b18-7+,21-20+;. The maximum atomic E-state index is 14.4. The highest BCUT2D eigenvalue weighted by Gasteiger charge is 2.40. The first-order chi connectivity index (χ1) is 14.3. The maximum absolute atomic E-state index is 14.4. The molecular formula is C23H36FN3O2S. The van der Waals surface area contributed by atoms with Gasteiger partial charge in [0.1, 0.15) is 23.1 Å². The van der Waals surface area contributed by atoms with Gasteiger partial charge in [0.15, 0.2) is 0 Å². The minimum Gasteiger partial charge on any atom is -0.495 e. The molecule has 0 aliphatic heterocycles. The first-order valence-corrected chi connectivity index (χ1v) is 11.3. The number of hydrogen-bond acceptors (Lipinski definition) is 5. The van der Waals surface area contributed by atoms with Crippen LogP contribution < -0.4 is 10.0 Å². The van der Waals surface area contributed by atoms with Crippen molar-refractivity contribution in [3.8, 4) is 0 Å². The van der Waals surface area contributed by atoms with Gasteiger partial charge >= 0.3 is 0 Å². The lowest BCUT2D eigenvalue weighted by Crippen LogP contribution is -2.28. The van der Waals surface area contributed by atoms with E-state index >= 15 is 0 Å². The molecule has 1 aromatic carbocycles. The smallest absolute Gasteiger partial charge is 0.215 e. The molecule has 1 fully saturated rings. The molecule has 1 aliphatic rings. The van der Waals surface area contributed by atoms with Crippen molar-refractivity contribution in [1.82, 2.24) is 9.62 Å². The number of nitrogens with one attached hydrogen (secondary N) is 2. The van der Waals surface area contributed by atoms with Gasteiger partial charge < -0.3 is 19.7 Å². The van der Waals surface area contributed by atoms with Gasteiger partial charge in [0.25, 0.3) is 0 Å². The van der Waals surface area contributed by atoms with Crippen LogP contribution in [0.4, 0.5) is 10.1 Å². The Morgan fingerprint density at radius 3 is 2.50 bits per heavy atom. The van der Waals surface area contributed by atoms with E-state index in [-0.39, 0.29) is 11.5 Å². The van der Waals surface area contributed by atoms with Crippen molar-refractivity contribution in [3.05, 3.63) is 52.9 Å². The predicted octanol–water partition coefficient (Wildman–Crippen LogP) is 5.66. The van der Waals surface area contributed by atoms with Crippen molar-refractivity contribution in [2.45, 2.75) is 53.2 Å². The van der Waals surface area contributed by atoms with Crippen molar-refractivity contribution in [2.75, 3.05) is 19.5 Å². The van der Waals surface area contributed by atoms with Crippen molar-refractivity contribution in [2.24, 2.45) is 11.8 Å². The average molecular weight is 438 g/mol. The molecule has 0 bridgehead atoms. The highest BCUT2D eigenvalue weighted by atomic mass is 32.2. The summed E-state index contributed by atoms with van der Waals surface area (Å²) < 4.78 is 23.3. The number of ether oxygens (including phenoxy) is 1. The number of carbonyl (C=O) groups is 1. The van der Waals surface area contributed by atoms with Gasteiger partial charge in [-0.1, -0.05) is 33.8 Å². The number of anilines is 1. The second kappa shape index (κ2) is 12.5. The number of halogens is 1. The Morgan fingerprint density at radius 2 is 2.03 bits per heavy atom. The van der Waals surface area contributed by atoms with Crippen LogP contribution >= 0.6 is 11.9 Å². The SMILES string of the molecule is C/C=C(OC)\C(NSC1CC1C(C)C)=C(\Nc1ccc(C)cc1F)N(C)C=O.CC. The third kappa shape index (κ3) is 6.97. The fraction of sp³-hybridized carbons (Fsp3) is 0.522. The van der Waals surface area contributed by atoms with Crippen LogP contribution in [0, 0.1) is 24.6 Å². The van der Waals surface area contributed by atoms with Crippen LogP contribution in [0.25, 0.3) is 0 Å². The summed E-state index contributed by atoms with van der Waals surface area (Å²) in [4.78, 5) is 12.9. The molecule has 2 rings (SSSR count). The van der Waals surface area contributed by atoms with Gasteiger partial charge in [-0.2, -0.15) is 0 Å². The fourth-order valence-corrected chi connectivity index (χ4v) is 4.24. The molecule has 1 aromatic rings. The number of methoxy groups -OCH3 is 1. The van der Waals surface area contributed by atoms with Crippen LogP contribution in [-0.2, 0) is 9.53 Å². The molecule has 0 saturated heterocycles. The summed E-state index contributed by atoms with van der Waals surface area (Å²) in [6, 6.07) is 4.93. The second-order valence-electron chi connectivity index (χ2n) is 7.31. The Morgan fingerprint density at radius 1 is 1.37 bits per heavy atom. The zero-order valence-electron chi connectivity index (χ0n) is 19.4. The lowest BCUT2D eigenvalue weighted by Gasteiger charge is -2.24. The van der Waals surface area contributed by atoms with Crippen molar-refractivity contribution in [3.63, 3.8) is 0 Å². The number of carbonyl (C=O) groups excluding carboxylic acids is 1. The Hall–Kier alpha value is -2.15. The summed E-state index contributed by atoms with van der Waals surface area (Å²) in [6.07, 6.45) is 3.64. The Bertz CT molecular complexity index is 765. The minimum atomic E-state index is -0.384. The van der Waals surface area contributed by atoms with E-state index in [1.807, 2.05) is 39.8 Å². The minimum absolute atomic E-state index is 0.289. The van der Waals surface area contributed by atoms with Gasteiger partial charge in [0.2, 0.25) is 6.41 Å². The van der Waals surface area contributed by atoms with E-state index in [2.05, 4.69) is 23.9 Å². The number of aryl methyl sites for hydroxylation is 1. The summed E-state index contributed by atoms with van der Waals surface area (Å²) in [7, 11) is 3.19. The summed E-state index contributed by atoms with van der Waals surface area (Å²) in [5.41, 5.74) is 1.71. The molecule has 1 aliphatic carbocycles. The zero-order valence-corrected chi connectivity index (χ0v) is 20.2. The van der Waals surface area contributed by atoms with Gasteiger partial charge in [0, 0.05) is 12.3 Å². The quantitative estimate of drug-likeness (QED) is 0.214. The molecule has 2 atom stereocenters. The highest BCUT2D eigenvalue weighted by molar-refractivity contribution is 7.98. The molecule has 30 heavy (non-hydrogen) atoms. The monoisotopic (exact) mass is 437 g/mol. The molecule has 2 N–H and O–H groups in total. The molecule has 0 spiro atoms. The van der Waals surface area contributed by atoms with E-state index in [1.54, 1.807) is 32.2 Å². The maximum Gasteiger partial charge on any atom is 0.215 e. The van der Waals surface area contributed by atoms with E-state index in [0.29, 0.717) is 40.8 Å². The summed E-state index contributed by atoms with van der Waals surface area (Å²) >= 11 is 1.61. The first-order valence-electron chi connectivity index (χ1n) is 10.4. The molecule has 1 saturated carbocycles. The molecule has 2 unspecified atom stereocenters. The van der Waals surface area contributed by atoms with Gasteiger partial charge in [0.05, 0.1) is 12.8 Å². The van der Waals surface area contributed by atoms with Crippen LogP contribution in [0.2, 0.25) is 0 Å². The van der Waals surface area contributed by atoms with Crippen LogP contribution in [0.5, 0.6) is 0 Å². The van der Waals surface area contributed by atoms with E-state index in [4.69, 9.17) is 4.74 Å². The lowest BCUT2D eigenvalue weighted by molar-refractivity contribution is -0.115. The number of hydrogen-bond donors (Lipinski definition) is 2. The summed E-state index contributed by atoms with van der Waals surface area (Å²) in [5.74, 6) is 1.91. The predicted molar refractivity (Wildman–Crippen MR) is 125 cm³/mol. The number of amides is 1. The Labute approximate surface area is 185 Å². The average Bonchev–Trinajstić information content (AvgIpc) is 3.52. The topological polar surface area (TPSA) is 53.6 Å². The largest absolute Gasteiger partial charge is 0.495 e. The molecule has 1 amide bonds. The van der Waals surface area contributed by atoms with E-state index in [1.165, 1.54) is 11.0 Å². The van der Waals surface area contributed by atoms with Gasteiger partial charge in [-0.15, -0.1) is 0 Å². The van der Waals surface area contributed by atoms with E-state index < -0.39 is 0 Å². The highest BCUT2D eigenvalue weighted by Crippen LogP contribution is 2.45. The molecule has 0 aromatic heterocycles. The Balaban J connectivity index is 0.00000218. The molecule has 0 radical (unpaired) electrons. The summed E-state index contributed by atoms with van der Waals surface area (Å²) in [6.45, 7) is 12.1.